The van der Waals surface area contributed by atoms with Crippen molar-refractivity contribution in [2.75, 3.05) is 30.3 Å². The van der Waals surface area contributed by atoms with E-state index in [1.165, 1.54) is 12.4 Å². The Morgan fingerprint density at radius 3 is 2.85 bits per heavy atom. The molecule has 27 heavy (non-hydrogen) atoms. The lowest BCUT2D eigenvalue weighted by molar-refractivity contribution is 0.0529. The van der Waals surface area contributed by atoms with E-state index >= 15 is 0 Å². The topological polar surface area (TPSA) is 130 Å². The number of hydrogen-bond acceptors (Lipinski definition) is 7. The molecule has 0 spiro atoms. The third-order valence-electron chi connectivity index (χ3n) is 4.68. The molecule has 1 saturated heterocycles. The monoisotopic (exact) mass is 369 g/mol. The van der Waals surface area contributed by atoms with E-state index in [1.54, 1.807) is 22.9 Å². The molecule has 6 N–H and O–H groups in total. The number of aryl methyl sites for hydroxylation is 1. The molecule has 1 aromatic heterocycles. The van der Waals surface area contributed by atoms with Crippen molar-refractivity contribution in [1.29, 1.82) is 10.8 Å². The Morgan fingerprint density at radius 1 is 1.41 bits per heavy atom. The lowest BCUT2D eigenvalue weighted by Gasteiger charge is -2.31. The highest BCUT2D eigenvalue weighted by Gasteiger charge is 2.22. The highest BCUT2D eigenvalue weighted by molar-refractivity contribution is 6.15. The average Bonchev–Trinajstić information content (AvgIpc) is 3.05. The minimum Gasteiger partial charge on any atom is -0.404 e. The van der Waals surface area contributed by atoms with E-state index in [9.17, 15) is 0 Å². The normalized spacial score (nSPS) is 17.8. The van der Waals surface area contributed by atoms with Crippen LogP contribution in [0.4, 0.5) is 11.5 Å². The zero-order valence-electron chi connectivity index (χ0n) is 15.6. The molecule has 1 aliphatic rings. The van der Waals surface area contributed by atoms with Crippen LogP contribution < -0.4 is 16.4 Å². The predicted octanol–water partition coefficient (Wildman–Crippen LogP) is 1.84. The van der Waals surface area contributed by atoms with Gasteiger partial charge in [0.2, 0.25) is 0 Å². The first-order valence-electron chi connectivity index (χ1n) is 8.76. The van der Waals surface area contributed by atoms with E-state index in [2.05, 4.69) is 10.00 Å². The molecule has 2 heterocycles. The van der Waals surface area contributed by atoms with Gasteiger partial charge in [-0.2, -0.15) is 5.10 Å². The molecule has 0 radical (unpaired) electrons. The van der Waals surface area contributed by atoms with Crippen molar-refractivity contribution in [2.24, 2.45) is 12.8 Å². The molecule has 1 aliphatic heterocycles. The number of hydrogen-bond donors (Lipinski definition) is 4. The zero-order chi connectivity index (χ0) is 19.6. The molecule has 0 unspecified atom stereocenters. The average molecular weight is 369 g/mol. The summed E-state index contributed by atoms with van der Waals surface area (Å²) in [5.41, 5.74) is 15.0. The Kier molecular flexibility index (Phi) is 5.27. The Bertz CT molecular complexity index is 906. The van der Waals surface area contributed by atoms with Crippen LogP contribution in [0, 0.1) is 10.8 Å². The van der Waals surface area contributed by atoms with E-state index < -0.39 is 0 Å². The van der Waals surface area contributed by atoms with Gasteiger partial charge < -0.3 is 26.5 Å². The maximum atomic E-state index is 8.68. The maximum Gasteiger partial charge on any atom is 0.151 e. The van der Waals surface area contributed by atoms with Crippen molar-refractivity contribution in [3.63, 3.8) is 0 Å². The third kappa shape index (κ3) is 3.70. The fourth-order valence-electron chi connectivity index (χ4n) is 3.19. The highest BCUT2D eigenvalue weighted by Crippen LogP contribution is 2.24. The Balaban J connectivity index is 0.00000280. The van der Waals surface area contributed by atoms with Crippen LogP contribution in [0.15, 0.2) is 30.5 Å². The summed E-state index contributed by atoms with van der Waals surface area (Å²) in [6, 6.07) is 7.21. The first kappa shape index (κ1) is 18.7. The second kappa shape index (κ2) is 7.63. The Morgan fingerprint density at radius 2 is 2.19 bits per heavy atom. The van der Waals surface area contributed by atoms with Crippen LogP contribution in [0.5, 0.6) is 0 Å². The number of aromatic nitrogens is 2. The smallest absolute Gasteiger partial charge is 0.151 e. The summed E-state index contributed by atoms with van der Waals surface area (Å²) in [5.74, 6) is 0.823. The van der Waals surface area contributed by atoms with Gasteiger partial charge in [0.15, 0.2) is 5.82 Å². The van der Waals surface area contributed by atoms with Gasteiger partial charge in [-0.3, -0.25) is 10.1 Å². The molecule has 0 saturated carbocycles. The largest absolute Gasteiger partial charge is 0.404 e. The van der Waals surface area contributed by atoms with Crippen molar-refractivity contribution < 1.29 is 6.16 Å². The highest BCUT2D eigenvalue weighted by atomic mass is 16.5. The van der Waals surface area contributed by atoms with Crippen LogP contribution in [0.1, 0.15) is 25.2 Å². The van der Waals surface area contributed by atoms with Crippen molar-refractivity contribution in [2.45, 2.75) is 13.0 Å². The van der Waals surface area contributed by atoms with E-state index in [1.807, 2.05) is 20.0 Å². The number of morpholine rings is 1. The number of anilines is 2. The van der Waals surface area contributed by atoms with E-state index in [4.69, 9.17) is 27.0 Å². The van der Waals surface area contributed by atoms with Crippen molar-refractivity contribution >= 4 is 29.0 Å². The predicted molar refractivity (Wildman–Crippen MR) is 111 cm³/mol. The molecule has 1 fully saturated rings. The van der Waals surface area contributed by atoms with Crippen LogP contribution in [-0.4, -0.2) is 47.5 Å². The molecule has 1 atom stereocenters. The summed E-state index contributed by atoms with van der Waals surface area (Å²) in [4.78, 5) is 2.16. The number of ether oxygens (including phenoxy) is 1. The summed E-state index contributed by atoms with van der Waals surface area (Å²) < 4.78 is 7.28. The van der Waals surface area contributed by atoms with Gasteiger partial charge in [0.1, 0.15) is 0 Å². The standard InChI is InChI=1S/C19H25N7O.H2/c1-12-11-26(5-6-27-12)18-8-17(25(2)24-18)19(23)15-7-13(3-4-16(15)22)14(9-20)10-21;/h3-4,7-10,12,20,23H,5-6,11,21-22H2,1-2H3;1H/b14-10+,20-9?,23-19?;/t12-;/m1./s1. The lowest BCUT2D eigenvalue weighted by atomic mass is 9.99. The van der Waals surface area contributed by atoms with E-state index in [0.717, 1.165) is 24.5 Å². The third-order valence-corrected chi connectivity index (χ3v) is 4.68. The second-order valence-electron chi connectivity index (χ2n) is 6.58. The summed E-state index contributed by atoms with van der Waals surface area (Å²) in [5, 5.41) is 20.7. The van der Waals surface area contributed by atoms with E-state index in [0.29, 0.717) is 29.1 Å². The molecule has 0 aliphatic carbocycles. The summed E-state index contributed by atoms with van der Waals surface area (Å²) >= 11 is 0. The summed E-state index contributed by atoms with van der Waals surface area (Å²) in [7, 11) is 1.82. The lowest BCUT2D eigenvalue weighted by Crippen LogP contribution is -2.41. The molecule has 2 aromatic rings. The van der Waals surface area contributed by atoms with Gasteiger partial charge in [-0.05, 0) is 24.6 Å². The van der Waals surface area contributed by atoms with Gasteiger partial charge in [0, 0.05) is 56.9 Å². The van der Waals surface area contributed by atoms with Crippen LogP contribution in [0.2, 0.25) is 0 Å². The van der Waals surface area contributed by atoms with Gasteiger partial charge in [-0.25, -0.2) is 0 Å². The molecule has 0 amide bonds. The fourth-order valence-corrected chi connectivity index (χ4v) is 3.19. The molecule has 8 heteroatoms. The molecule has 144 valence electrons. The summed E-state index contributed by atoms with van der Waals surface area (Å²) in [6.07, 6.45) is 2.70. The minimum absolute atomic E-state index is 0. The van der Waals surface area contributed by atoms with Gasteiger partial charge in [0.05, 0.1) is 24.1 Å². The fraction of sp³-hybridized carbons (Fsp3) is 0.316. The number of rotatable bonds is 5. The molecule has 0 bridgehead atoms. The second-order valence-corrected chi connectivity index (χ2v) is 6.58. The van der Waals surface area contributed by atoms with Crippen LogP contribution >= 0.6 is 0 Å². The van der Waals surface area contributed by atoms with Crippen molar-refractivity contribution in [3.8, 4) is 0 Å². The van der Waals surface area contributed by atoms with Gasteiger partial charge in [-0.15, -0.1) is 0 Å². The number of nitrogens with zero attached hydrogens (tertiary/aromatic N) is 3. The molecule has 8 nitrogen and oxygen atoms in total. The number of nitrogens with two attached hydrogens (primary N) is 2. The first-order chi connectivity index (χ1) is 12.9. The Hall–Kier alpha value is -3.13. The maximum absolute atomic E-state index is 8.68. The van der Waals surface area contributed by atoms with Crippen LogP contribution in [-0.2, 0) is 11.8 Å². The molecule has 1 aromatic carbocycles. The quantitative estimate of drug-likeness (QED) is 0.472. The van der Waals surface area contributed by atoms with Crippen molar-refractivity contribution in [3.05, 3.63) is 47.3 Å². The molecular weight excluding hydrogens is 342 g/mol. The van der Waals surface area contributed by atoms with Gasteiger partial charge in [0.25, 0.3) is 0 Å². The molecular formula is C19H27N7O. The van der Waals surface area contributed by atoms with Crippen LogP contribution in [0.25, 0.3) is 5.57 Å². The number of nitrogens with one attached hydrogen (secondary N) is 2. The number of benzene rings is 1. The number of allylic oxidation sites excluding steroid dienone is 1. The summed E-state index contributed by atoms with van der Waals surface area (Å²) in [6.45, 7) is 4.24. The van der Waals surface area contributed by atoms with Crippen molar-refractivity contribution in [1.82, 2.24) is 9.78 Å². The SMILES string of the molecule is C[C@@H]1CN(c2cc(C(=N)c3cc(/C(C=N)=C/N)ccc3N)n(C)n2)CCO1.[HH]. The van der Waals surface area contributed by atoms with E-state index in [-0.39, 0.29) is 13.2 Å². The minimum atomic E-state index is 0. The zero-order valence-corrected chi connectivity index (χ0v) is 15.6. The number of nitrogen functional groups attached to an aromatic ring is 1. The van der Waals surface area contributed by atoms with Gasteiger partial charge in [-0.1, -0.05) is 6.07 Å². The van der Waals surface area contributed by atoms with Gasteiger partial charge >= 0.3 is 0 Å². The first-order valence-corrected chi connectivity index (χ1v) is 8.76. The Labute approximate surface area is 159 Å². The molecule has 3 rings (SSSR count). The van der Waals surface area contributed by atoms with Crippen LogP contribution in [0.3, 0.4) is 0 Å².